The first-order chi connectivity index (χ1) is 14.2. The van der Waals surface area contributed by atoms with Gasteiger partial charge in [-0.3, -0.25) is 9.69 Å². The second-order valence-electron chi connectivity index (χ2n) is 7.59. The third kappa shape index (κ3) is 7.09. The minimum atomic E-state index is 0.118. The predicted octanol–water partition coefficient (Wildman–Crippen LogP) is 3.48. The number of carbonyl (C=O) groups excluding carboxylic acids is 1. The molecule has 29 heavy (non-hydrogen) atoms. The van der Waals surface area contributed by atoms with Gasteiger partial charge < -0.3 is 15.0 Å². The summed E-state index contributed by atoms with van der Waals surface area (Å²) >= 11 is 0. The molecular weight excluding hydrogens is 362 g/mol. The average Bonchev–Trinajstić information content (AvgIpc) is 2.76. The molecule has 1 saturated heterocycles. The SMILES string of the molecule is Cc1ccccc1OCCCC(=O)NCCCN1CCN(c2ccccc2)CC1. The van der Waals surface area contributed by atoms with E-state index in [9.17, 15) is 4.79 Å². The van der Waals surface area contributed by atoms with Gasteiger partial charge in [-0.1, -0.05) is 36.4 Å². The normalized spacial score (nSPS) is 14.6. The number of rotatable bonds is 10. The fourth-order valence-electron chi connectivity index (χ4n) is 3.62. The molecule has 0 atom stereocenters. The van der Waals surface area contributed by atoms with Crippen molar-refractivity contribution in [3.63, 3.8) is 0 Å². The molecule has 1 fully saturated rings. The van der Waals surface area contributed by atoms with Crippen molar-refractivity contribution in [1.82, 2.24) is 10.2 Å². The number of carbonyl (C=O) groups is 1. The summed E-state index contributed by atoms with van der Waals surface area (Å²) in [4.78, 5) is 16.9. The first-order valence-corrected chi connectivity index (χ1v) is 10.7. The Labute approximate surface area is 174 Å². The third-order valence-electron chi connectivity index (χ3n) is 5.37. The fraction of sp³-hybridized carbons (Fsp3) is 0.458. The highest BCUT2D eigenvalue weighted by Gasteiger charge is 2.16. The molecule has 1 aliphatic rings. The molecular formula is C24H33N3O2. The maximum absolute atomic E-state index is 12.0. The van der Waals surface area contributed by atoms with Crippen LogP contribution in [0.4, 0.5) is 5.69 Å². The van der Waals surface area contributed by atoms with E-state index in [0.29, 0.717) is 13.0 Å². The van der Waals surface area contributed by atoms with Crippen LogP contribution in [0.25, 0.3) is 0 Å². The van der Waals surface area contributed by atoms with Gasteiger partial charge in [-0.15, -0.1) is 0 Å². The maximum atomic E-state index is 12.0. The zero-order valence-electron chi connectivity index (χ0n) is 17.5. The molecule has 1 aliphatic heterocycles. The van der Waals surface area contributed by atoms with Gasteiger partial charge in [-0.25, -0.2) is 0 Å². The topological polar surface area (TPSA) is 44.8 Å². The van der Waals surface area contributed by atoms with Crippen molar-refractivity contribution in [3.05, 3.63) is 60.2 Å². The molecule has 3 rings (SSSR count). The number of nitrogens with one attached hydrogen (secondary N) is 1. The standard InChI is InChI=1S/C24H33N3O2/c1-21-9-5-6-12-23(21)29-20-7-13-24(28)25-14-8-15-26-16-18-27(19-17-26)22-10-3-2-4-11-22/h2-6,9-12H,7-8,13-20H2,1H3,(H,25,28). The number of aryl methyl sites for hydroxylation is 1. The Morgan fingerprint density at radius 1 is 0.966 bits per heavy atom. The van der Waals surface area contributed by atoms with Crippen LogP contribution in [-0.2, 0) is 4.79 Å². The molecule has 0 unspecified atom stereocenters. The Bertz CT molecular complexity index is 743. The summed E-state index contributed by atoms with van der Waals surface area (Å²) in [6.07, 6.45) is 2.25. The number of hydrogen-bond donors (Lipinski definition) is 1. The molecule has 156 valence electrons. The summed E-state index contributed by atoms with van der Waals surface area (Å²) in [5.74, 6) is 1.02. The zero-order chi connectivity index (χ0) is 20.3. The van der Waals surface area contributed by atoms with E-state index < -0.39 is 0 Å². The summed E-state index contributed by atoms with van der Waals surface area (Å²) in [6, 6.07) is 18.6. The van der Waals surface area contributed by atoms with Crippen LogP contribution in [0.2, 0.25) is 0 Å². The highest BCUT2D eigenvalue weighted by atomic mass is 16.5. The van der Waals surface area contributed by atoms with Crippen molar-refractivity contribution >= 4 is 11.6 Å². The van der Waals surface area contributed by atoms with Crippen molar-refractivity contribution < 1.29 is 9.53 Å². The van der Waals surface area contributed by atoms with Crippen LogP contribution in [-0.4, -0.2) is 56.7 Å². The highest BCUT2D eigenvalue weighted by molar-refractivity contribution is 5.75. The Morgan fingerprint density at radius 3 is 2.45 bits per heavy atom. The molecule has 2 aromatic rings. The van der Waals surface area contributed by atoms with E-state index in [4.69, 9.17) is 4.74 Å². The quantitative estimate of drug-likeness (QED) is 0.626. The monoisotopic (exact) mass is 395 g/mol. The maximum Gasteiger partial charge on any atom is 0.220 e. The van der Waals surface area contributed by atoms with Crippen molar-refractivity contribution in [1.29, 1.82) is 0 Å². The Balaban J connectivity index is 1.21. The second kappa shape index (κ2) is 11.5. The van der Waals surface area contributed by atoms with Gasteiger partial charge >= 0.3 is 0 Å². The van der Waals surface area contributed by atoms with Crippen LogP contribution in [0.1, 0.15) is 24.8 Å². The van der Waals surface area contributed by atoms with E-state index in [2.05, 4.69) is 45.4 Å². The van der Waals surface area contributed by atoms with Gasteiger partial charge in [-0.2, -0.15) is 0 Å². The summed E-state index contributed by atoms with van der Waals surface area (Å²) in [5.41, 5.74) is 2.44. The predicted molar refractivity (Wildman–Crippen MR) is 119 cm³/mol. The van der Waals surface area contributed by atoms with E-state index in [1.165, 1.54) is 5.69 Å². The van der Waals surface area contributed by atoms with Crippen molar-refractivity contribution in [2.75, 3.05) is 50.8 Å². The van der Waals surface area contributed by atoms with Crippen molar-refractivity contribution in [3.8, 4) is 5.75 Å². The number of para-hydroxylation sites is 2. The van der Waals surface area contributed by atoms with Gasteiger partial charge in [0.05, 0.1) is 6.61 Å². The Morgan fingerprint density at radius 2 is 1.69 bits per heavy atom. The molecule has 0 aliphatic carbocycles. The van der Waals surface area contributed by atoms with Crippen LogP contribution in [0.15, 0.2) is 54.6 Å². The van der Waals surface area contributed by atoms with E-state index in [0.717, 1.165) is 63.4 Å². The first kappa shape index (κ1) is 21.2. The smallest absolute Gasteiger partial charge is 0.220 e. The van der Waals surface area contributed by atoms with Gasteiger partial charge in [-0.05, 0) is 50.1 Å². The summed E-state index contributed by atoms with van der Waals surface area (Å²) in [7, 11) is 0. The molecule has 0 bridgehead atoms. The minimum absolute atomic E-state index is 0.118. The number of amides is 1. The third-order valence-corrected chi connectivity index (χ3v) is 5.37. The van der Waals surface area contributed by atoms with E-state index in [1.807, 2.05) is 31.2 Å². The van der Waals surface area contributed by atoms with E-state index in [1.54, 1.807) is 0 Å². The van der Waals surface area contributed by atoms with Gasteiger partial charge in [0.1, 0.15) is 5.75 Å². The molecule has 0 saturated carbocycles. The van der Waals surface area contributed by atoms with E-state index >= 15 is 0 Å². The van der Waals surface area contributed by atoms with Gasteiger partial charge in [0.15, 0.2) is 0 Å². The number of benzene rings is 2. The second-order valence-corrected chi connectivity index (χ2v) is 7.59. The number of piperazine rings is 1. The number of anilines is 1. The number of ether oxygens (including phenoxy) is 1. The fourth-order valence-corrected chi connectivity index (χ4v) is 3.62. The lowest BCUT2D eigenvalue weighted by molar-refractivity contribution is -0.121. The van der Waals surface area contributed by atoms with Crippen LogP contribution in [0.3, 0.4) is 0 Å². The Kier molecular flexibility index (Phi) is 8.38. The van der Waals surface area contributed by atoms with E-state index in [-0.39, 0.29) is 5.91 Å². The summed E-state index contributed by atoms with van der Waals surface area (Å²) < 4.78 is 5.74. The lowest BCUT2D eigenvalue weighted by atomic mass is 10.2. The molecule has 1 heterocycles. The molecule has 1 N–H and O–H groups in total. The van der Waals surface area contributed by atoms with Crippen LogP contribution >= 0.6 is 0 Å². The number of hydrogen-bond acceptors (Lipinski definition) is 4. The van der Waals surface area contributed by atoms with Gasteiger partial charge in [0.25, 0.3) is 0 Å². The summed E-state index contributed by atoms with van der Waals surface area (Å²) in [5, 5.41) is 3.04. The van der Waals surface area contributed by atoms with Crippen LogP contribution in [0.5, 0.6) is 5.75 Å². The minimum Gasteiger partial charge on any atom is -0.493 e. The molecule has 0 spiro atoms. The largest absolute Gasteiger partial charge is 0.493 e. The van der Waals surface area contributed by atoms with Crippen molar-refractivity contribution in [2.24, 2.45) is 0 Å². The average molecular weight is 396 g/mol. The number of nitrogens with zero attached hydrogens (tertiary/aromatic N) is 2. The molecule has 2 aromatic carbocycles. The van der Waals surface area contributed by atoms with Crippen molar-refractivity contribution in [2.45, 2.75) is 26.2 Å². The van der Waals surface area contributed by atoms with Crippen LogP contribution < -0.4 is 15.0 Å². The highest BCUT2D eigenvalue weighted by Crippen LogP contribution is 2.17. The van der Waals surface area contributed by atoms with Gasteiger partial charge in [0.2, 0.25) is 5.91 Å². The van der Waals surface area contributed by atoms with Crippen LogP contribution in [0, 0.1) is 6.92 Å². The first-order valence-electron chi connectivity index (χ1n) is 10.7. The lowest BCUT2D eigenvalue weighted by Crippen LogP contribution is -2.47. The zero-order valence-corrected chi connectivity index (χ0v) is 17.5. The molecule has 0 aromatic heterocycles. The molecule has 1 amide bonds. The molecule has 0 radical (unpaired) electrons. The lowest BCUT2D eigenvalue weighted by Gasteiger charge is -2.36. The Hall–Kier alpha value is -2.53. The van der Waals surface area contributed by atoms with Gasteiger partial charge in [0, 0.05) is 44.8 Å². The molecule has 5 heteroatoms. The summed E-state index contributed by atoms with van der Waals surface area (Å²) in [6.45, 7) is 8.69. The molecule has 5 nitrogen and oxygen atoms in total.